The lowest BCUT2D eigenvalue weighted by molar-refractivity contribution is -0.110. The Balaban J connectivity index is 4.21. The molecule has 14 heavy (non-hydrogen) atoms. The number of carbonyl (C=O) groups excluding carboxylic acids is 1. The first-order valence-corrected chi connectivity index (χ1v) is 4.98. The molecule has 0 bridgehead atoms. The summed E-state index contributed by atoms with van der Waals surface area (Å²) in [6, 6.07) is 0. The predicted molar refractivity (Wildman–Crippen MR) is 59.9 cm³/mol. The topological polar surface area (TPSA) is 41.1 Å². The summed E-state index contributed by atoms with van der Waals surface area (Å²) < 4.78 is 0. The van der Waals surface area contributed by atoms with Gasteiger partial charge in [-0.05, 0) is 27.7 Å². The van der Waals surface area contributed by atoms with Gasteiger partial charge in [0.2, 0.25) is 0 Å². The summed E-state index contributed by atoms with van der Waals surface area (Å²) in [5, 5.41) is 6.14. The molecular weight excluding hydrogens is 176 g/mol. The van der Waals surface area contributed by atoms with E-state index in [-0.39, 0.29) is 5.78 Å². The van der Waals surface area contributed by atoms with Gasteiger partial charge in [-0.2, -0.15) is 0 Å². The van der Waals surface area contributed by atoms with Crippen LogP contribution in [0.15, 0.2) is 23.5 Å². The molecule has 0 aliphatic heterocycles. The Bertz CT molecular complexity index is 218. The first kappa shape index (κ1) is 12.8. The SMILES string of the molecule is CCN/C(C)=C/C(=O)/C=C(\C)NCC. The Morgan fingerprint density at radius 1 is 1.00 bits per heavy atom. The molecule has 0 aromatic rings. The maximum Gasteiger partial charge on any atom is 0.182 e. The highest BCUT2D eigenvalue weighted by molar-refractivity contribution is 5.99. The Labute approximate surface area is 86.3 Å². The van der Waals surface area contributed by atoms with Crippen molar-refractivity contribution in [1.29, 1.82) is 0 Å². The van der Waals surface area contributed by atoms with E-state index in [2.05, 4.69) is 10.6 Å². The van der Waals surface area contributed by atoms with E-state index in [0.29, 0.717) is 0 Å². The minimum Gasteiger partial charge on any atom is -0.389 e. The molecule has 0 fully saturated rings. The zero-order valence-corrected chi connectivity index (χ0v) is 9.48. The quantitative estimate of drug-likeness (QED) is 0.634. The maximum absolute atomic E-state index is 11.4. The van der Waals surface area contributed by atoms with Gasteiger partial charge < -0.3 is 10.6 Å². The fourth-order valence-corrected chi connectivity index (χ4v) is 1.13. The van der Waals surface area contributed by atoms with Gasteiger partial charge in [-0.3, -0.25) is 4.79 Å². The third-order valence-electron chi connectivity index (χ3n) is 1.63. The standard InChI is InChI=1S/C11H20N2O/c1-5-12-9(3)7-11(14)8-10(4)13-6-2/h7-8,12-13H,5-6H2,1-4H3/b9-7+,10-8+. The molecular formula is C11H20N2O. The van der Waals surface area contributed by atoms with Gasteiger partial charge in [-0.1, -0.05) is 0 Å². The average Bonchev–Trinajstić information content (AvgIpc) is 2.03. The molecule has 0 spiro atoms. The van der Waals surface area contributed by atoms with Crippen molar-refractivity contribution in [2.45, 2.75) is 27.7 Å². The molecule has 3 heteroatoms. The average molecular weight is 196 g/mol. The molecule has 0 aromatic carbocycles. The molecule has 0 aliphatic carbocycles. The van der Waals surface area contributed by atoms with Crippen LogP contribution in [0.5, 0.6) is 0 Å². The van der Waals surface area contributed by atoms with Gasteiger partial charge in [0, 0.05) is 36.6 Å². The highest BCUT2D eigenvalue weighted by Crippen LogP contribution is 1.92. The van der Waals surface area contributed by atoms with Crippen LogP contribution >= 0.6 is 0 Å². The van der Waals surface area contributed by atoms with Gasteiger partial charge >= 0.3 is 0 Å². The Hall–Kier alpha value is -1.25. The first-order chi connectivity index (χ1) is 6.60. The van der Waals surface area contributed by atoms with Crippen LogP contribution < -0.4 is 10.6 Å². The summed E-state index contributed by atoms with van der Waals surface area (Å²) in [5.41, 5.74) is 1.80. The summed E-state index contributed by atoms with van der Waals surface area (Å²) in [7, 11) is 0. The molecule has 0 rings (SSSR count). The lowest BCUT2D eigenvalue weighted by atomic mass is 10.2. The fraction of sp³-hybridized carbons (Fsp3) is 0.545. The van der Waals surface area contributed by atoms with E-state index in [9.17, 15) is 4.79 Å². The smallest absolute Gasteiger partial charge is 0.182 e. The number of allylic oxidation sites excluding steroid dienone is 4. The van der Waals surface area contributed by atoms with Crippen LogP contribution in [-0.4, -0.2) is 18.9 Å². The lowest BCUT2D eigenvalue weighted by Crippen LogP contribution is -2.12. The van der Waals surface area contributed by atoms with Crippen LogP contribution in [0.1, 0.15) is 27.7 Å². The van der Waals surface area contributed by atoms with Crippen LogP contribution in [-0.2, 0) is 4.79 Å². The molecule has 0 amide bonds. The van der Waals surface area contributed by atoms with E-state index in [1.54, 1.807) is 12.2 Å². The number of nitrogens with one attached hydrogen (secondary N) is 2. The molecule has 2 N–H and O–H groups in total. The monoisotopic (exact) mass is 196 g/mol. The minimum atomic E-state index is 0.0156. The largest absolute Gasteiger partial charge is 0.389 e. The van der Waals surface area contributed by atoms with Crippen molar-refractivity contribution in [3.05, 3.63) is 23.5 Å². The van der Waals surface area contributed by atoms with Crippen molar-refractivity contribution in [2.75, 3.05) is 13.1 Å². The van der Waals surface area contributed by atoms with Crippen molar-refractivity contribution in [3.8, 4) is 0 Å². The van der Waals surface area contributed by atoms with E-state index in [1.165, 1.54) is 0 Å². The van der Waals surface area contributed by atoms with E-state index >= 15 is 0 Å². The molecule has 80 valence electrons. The normalized spacial score (nSPS) is 12.6. The molecule has 0 aromatic heterocycles. The molecule has 0 saturated heterocycles. The first-order valence-electron chi connectivity index (χ1n) is 4.98. The van der Waals surface area contributed by atoms with E-state index < -0.39 is 0 Å². The second-order valence-corrected chi connectivity index (χ2v) is 3.12. The van der Waals surface area contributed by atoms with Gasteiger partial charge in [0.05, 0.1) is 0 Å². The molecule has 0 aliphatic rings. The van der Waals surface area contributed by atoms with E-state index in [4.69, 9.17) is 0 Å². The summed E-state index contributed by atoms with van der Waals surface area (Å²) in [5.74, 6) is 0.0156. The van der Waals surface area contributed by atoms with Crippen LogP contribution in [0.2, 0.25) is 0 Å². The zero-order chi connectivity index (χ0) is 11.0. The van der Waals surface area contributed by atoms with Crippen LogP contribution in [0.3, 0.4) is 0 Å². The Morgan fingerprint density at radius 2 is 1.36 bits per heavy atom. The third kappa shape index (κ3) is 6.29. The van der Waals surface area contributed by atoms with Crippen molar-refractivity contribution in [2.24, 2.45) is 0 Å². The van der Waals surface area contributed by atoms with Gasteiger partial charge in [0.1, 0.15) is 0 Å². The second kappa shape index (κ2) is 7.18. The van der Waals surface area contributed by atoms with Gasteiger partial charge in [0.15, 0.2) is 5.78 Å². The number of rotatable bonds is 6. The summed E-state index contributed by atoms with van der Waals surface area (Å²) in [6.07, 6.45) is 3.20. The Morgan fingerprint density at radius 3 is 1.64 bits per heavy atom. The van der Waals surface area contributed by atoms with Crippen LogP contribution in [0.4, 0.5) is 0 Å². The highest BCUT2D eigenvalue weighted by Gasteiger charge is 1.94. The number of carbonyl (C=O) groups is 1. The minimum absolute atomic E-state index is 0.0156. The molecule has 0 heterocycles. The highest BCUT2D eigenvalue weighted by atomic mass is 16.1. The van der Waals surface area contributed by atoms with E-state index in [1.807, 2.05) is 27.7 Å². The summed E-state index contributed by atoms with van der Waals surface area (Å²) in [4.78, 5) is 11.4. The molecule has 3 nitrogen and oxygen atoms in total. The summed E-state index contributed by atoms with van der Waals surface area (Å²) >= 11 is 0. The van der Waals surface area contributed by atoms with Gasteiger partial charge in [0.25, 0.3) is 0 Å². The third-order valence-corrected chi connectivity index (χ3v) is 1.63. The van der Waals surface area contributed by atoms with Crippen molar-refractivity contribution >= 4 is 5.78 Å². The van der Waals surface area contributed by atoms with Crippen LogP contribution in [0.25, 0.3) is 0 Å². The Kier molecular flexibility index (Phi) is 6.54. The number of ketones is 1. The molecule has 0 atom stereocenters. The van der Waals surface area contributed by atoms with Gasteiger partial charge in [-0.15, -0.1) is 0 Å². The molecule has 0 saturated carbocycles. The molecule has 0 unspecified atom stereocenters. The zero-order valence-electron chi connectivity index (χ0n) is 9.48. The van der Waals surface area contributed by atoms with E-state index in [0.717, 1.165) is 24.5 Å². The fourth-order valence-electron chi connectivity index (χ4n) is 1.13. The maximum atomic E-state index is 11.4. The van der Waals surface area contributed by atoms with Crippen molar-refractivity contribution < 1.29 is 4.79 Å². The molecule has 0 radical (unpaired) electrons. The van der Waals surface area contributed by atoms with Crippen molar-refractivity contribution in [1.82, 2.24) is 10.6 Å². The van der Waals surface area contributed by atoms with Crippen LogP contribution in [0, 0.1) is 0 Å². The number of hydrogen-bond donors (Lipinski definition) is 2. The second-order valence-electron chi connectivity index (χ2n) is 3.12. The van der Waals surface area contributed by atoms with Crippen molar-refractivity contribution in [3.63, 3.8) is 0 Å². The lowest BCUT2D eigenvalue weighted by Gasteiger charge is -2.02. The number of hydrogen-bond acceptors (Lipinski definition) is 3. The predicted octanol–water partition coefficient (Wildman–Crippen LogP) is 1.58. The van der Waals surface area contributed by atoms with Gasteiger partial charge in [-0.25, -0.2) is 0 Å². The summed E-state index contributed by atoms with van der Waals surface area (Å²) in [6.45, 7) is 9.45.